The van der Waals surface area contributed by atoms with Crippen LogP contribution >= 0.6 is 11.3 Å². The fourth-order valence-corrected chi connectivity index (χ4v) is 3.90. The SMILES string of the molecule is O=C1CCC2CN(Cc3cc(C#CCCO)cs3)CCN12. The van der Waals surface area contributed by atoms with Crippen molar-refractivity contribution in [3.63, 3.8) is 0 Å². The van der Waals surface area contributed by atoms with Crippen molar-refractivity contribution in [1.82, 2.24) is 9.80 Å². The van der Waals surface area contributed by atoms with Gasteiger partial charge in [-0.15, -0.1) is 11.3 Å². The third-order valence-electron chi connectivity index (χ3n) is 4.08. The molecule has 1 aromatic rings. The Morgan fingerprint density at radius 1 is 1.43 bits per heavy atom. The molecule has 21 heavy (non-hydrogen) atoms. The normalized spacial score (nSPS) is 22.0. The molecule has 0 radical (unpaired) electrons. The van der Waals surface area contributed by atoms with E-state index in [1.165, 1.54) is 4.88 Å². The summed E-state index contributed by atoms with van der Waals surface area (Å²) >= 11 is 1.74. The molecule has 112 valence electrons. The molecule has 5 heteroatoms. The van der Waals surface area contributed by atoms with Crippen molar-refractivity contribution in [3.05, 3.63) is 21.9 Å². The number of rotatable bonds is 3. The van der Waals surface area contributed by atoms with E-state index >= 15 is 0 Å². The van der Waals surface area contributed by atoms with Gasteiger partial charge in [0.05, 0.1) is 6.61 Å². The maximum Gasteiger partial charge on any atom is 0.222 e. The molecule has 0 aliphatic carbocycles. The number of fused-ring (bicyclic) bond motifs is 1. The average molecular weight is 304 g/mol. The van der Waals surface area contributed by atoms with Gasteiger partial charge in [-0.2, -0.15) is 0 Å². The molecule has 1 atom stereocenters. The first-order chi connectivity index (χ1) is 10.3. The number of thiophene rings is 1. The molecule has 3 heterocycles. The minimum atomic E-state index is 0.119. The topological polar surface area (TPSA) is 43.8 Å². The van der Waals surface area contributed by atoms with Gasteiger partial charge in [0.25, 0.3) is 0 Å². The Kier molecular flexibility index (Phi) is 4.59. The molecule has 0 bridgehead atoms. The van der Waals surface area contributed by atoms with E-state index in [1.54, 1.807) is 11.3 Å². The van der Waals surface area contributed by atoms with Crippen molar-refractivity contribution >= 4 is 17.2 Å². The van der Waals surface area contributed by atoms with E-state index in [1.807, 2.05) is 0 Å². The number of amides is 1. The summed E-state index contributed by atoms with van der Waals surface area (Å²) in [6, 6.07) is 2.57. The van der Waals surface area contributed by atoms with Crippen LogP contribution in [0.2, 0.25) is 0 Å². The second kappa shape index (κ2) is 6.61. The van der Waals surface area contributed by atoms with Crippen LogP contribution in [0.15, 0.2) is 11.4 Å². The van der Waals surface area contributed by atoms with Crippen molar-refractivity contribution < 1.29 is 9.90 Å². The largest absolute Gasteiger partial charge is 0.395 e. The number of carbonyl (C=O) groups excluding carboxylic acids is 1. The molecule has 2 aliphatic rings. The van der Waals surface area contributed by atoms with E-state index in [4.69, 9.17) is 5.11 Å². The van der Waals surface area contributed by atoms with Crippen LogP contribution in [-0.2, 0) is 11.3 Å². The molecule has 2 saturated heterocycles. The molecule has 4 nitrogen and oxygen atoms in total. The second-order valence-electron chi connectivity index (χ2n) is 5.59. The van der Waals surface area contributed by atoms with E-state index in [0.717, 1.165) is 44.6 Å². The smallest absolute Gasteiger partial charge is 0.222 e. The summed E-state index contributed by atoms with van der Waals surface area (Å²) < 4.78 is 0. The van der Waals surface area contributed by atoms with Crippen molar-refractivity contribution in [2.24, 2.45) is 0 Å². The van der Waals surface area contributed by atoms with Crippen molar-refractivity contribution in [2.75, 3.05) is 26.2 Å². The van der Waals surface area contributed by atoms with Gasteiger partial charge in [-0.05, 0) is 12.5 Å². The third-order valence-corrected chi connectivity index (χ3v) is 5.00. The number of aliphatic hydroxyl groups is 1. The molecule has 2 aliphatic heterocycles. The van der Waals surface area contributed by atoms with Gasteiger partial charge in [0.1, 0.15) is 0 Å². The van der Waals surface area contributed by atoms with Crippen LogP contribution in [0.25, 0.3) is 0 Å². The fourth-order valence-electron chi connectivity index (χ4n) is 3.04. The Hall–Kier alpha value is -1.35. The highest BCUT2D eigenvalue weighted by Crippen LogP contribution is 2.25. The summed E-state index contributed by atoms with van der Waals surface area (Å²) in [5.74, 6) is 6.36. The zero-order chi connectivity index (χ0) is 14.7. The zero-order valence-electron chi connectivity index (χ0n) is 12.0. The van der Waals surface area contributed by atoms with Crippen LogP contribution in [0.3, 0.4) is 0 Å². The minimum Gasteiger partial charge on any atom is -0.395 e. The van der Waals surface area contributed by atoms with Gasteiger partial charge in [-0.25, -0.2) is 0 Å². The quantitative estimate of drug-likeness (QED) is 0.856. The molecule has 1 unspecified atom stereocenters. The summed E-state index contributed by atoms with van der Waals surface area (Å²) in [6.45, 7) is 3.90. The summed E-state index contributed by atoms with van der Waals surface area (Å²) in [5.41, 5.74) is 1.04. The molecule has 0 spiro atoms. The number of aliphatic hydroxyl groups excluding tert-OH is 1. The van der Waals surface area contributed by atoms with Crippen molar-refractivity contribution in [1.29, 1.82) is 0 Å². The molecular formula is C16H20N2O2S. The van der Waals surface area contributed by atoms with Crippen LogP contribution in [0.5, 0.6) is 0 Å². The van der Waals surface area contributed by atoms with Gasteiger partial charge in [0.2, 0.25) is 5.91 Å². The van der Waals surface area contributed by atoms with Crippen LogP contribution < -0.4 is 0 Å². The maximum absolute atomic E-state index is 11.7. The lowest BCUT2D eigenvalue weighted by Gasteiger charge is -2.37. The third kappa shape index (κ3) is 3.46. The van der Waals surface area contributed by atoms with Crippen LogP contribution in [0.1, 0.15) is 29.7 Å². The van der Waals surface area contributed by atoms with E-state index < -0.39 is 0 Å². The minimum absolute atomic E-state index is 0.119. The van der Waals surface area contributed by atoms with Crippen LogP contribution in [-0.4, -0.2) is 53.1 Å². The van der Waals surface area contributed by atoms with Crippen LogP contribution in [0, 0.1) is 11.8 Å². The molecular weight excluding hydrogens is 284 g/mol. The lowest BCUT2D eigenvalue weighted by molar-refractivity contribution is -0.130. The van der Waals surface area contributed by atoms with Crippen molar-refractivity contribution in [3.8, 4) is 11.8 Å². The molecule has 0 aromatic carbocycles. The standard InChI is InChI=1S/C16H20N2O2S/c19-8-2-1-3-13-9-15(21-12-13)11-17-6-7-18-14(10-17)4-5-16(18)20/h9,12,14,19H,2,4-8,10-11H2. The number of nitrogens with zero attached hydrogens (tertiary/aromatic N) is 2. The molecule has 3 rings (SSSR count). The predicted molar refractivity (Wildman–Crippen MR) is 82.9 cm³/mol. The first-order valence-electron chi connectivity index (χ1n) is 7.45. The summed E-state index contributed by atoms with van der Waals surface area (Å²) in [7, 11) is 0. The van der Waals surface area contributed by atoms with E-state index in [-0.39, 0.29) is 6.61 Å². The number of hydrogen-bond acceptors (Lipinski definition) is 4. The summed E-state index contributed by atoms with van der Waals surface area (Å²) in [5, 5.41) is 10.8. The van der Waals surface area contributed by atoms with Gasteiger partial charge >= 0.3 is 0 Å². The Labute approximate surface area is 129 Å². The lowest BCUT2D eigenvalue weighted by Crippen LogP contribution is -2.50. The van der Waals surface area contributed by atoms with E-state index in [2.05, 4.69) is 33.1 Å². The summed E-state index contributed by atoms with van der Waals surface area (Å²) in [6.07, 6.45) is 2.27. The highest BCUT2D eigenvalue weighted by Gasteiger charge is 2.35. The number of hydrogen-bond donors (Lipinski definition) is 1. The molecule has 1 N–H and O–H groups in total. The first-order valence-corrected chi connectivity index (χ1v) is 8.33. The monoisotopic (exact) mass is 304 g/mol. The van der Waals surface area contributed by atoms with Gasteiger partial charge in [0, 0.05) is 60.9 Å². The number of piperazine rings is 1. The molecule has 2 fully saturated rings. The van der Waals surface area contributed by atoms with Crippen molar-refractivity contribution in [2.45, 2.75) is 31.8 Å². The lowest BCUT2D eigenvalue weighted by atomic mass is 10.1. The van der Waals surface area contributed by atoms with Gasteiger partial charge in [-0.3, -0.25) is 9.69 Å². The van der Waals surface area contributed by atoms with Crippen LogP contribution in [0.4, 0.5) is 0 Å². The zero-order valence-corrected chi connectivity index (χ0v) is 12.9. The molecule has 0 saturated carbocycles. The van der Waals surface area contributed by atoms with E-state index in [9.17, 15) is 4.79 Å². The Morgan fingerprint density at radius 3 is 3.19 bits per heavy atom. The van der Waals surface area contributed by atoms with E-state index in [0.29, 0.717) is 18.4 Å². The fraction of sp³-hybridized carbons (Fsp3) is 0.562. The molecule has 1 aromatic heterocycles. The predicted octanol–water partition coefficient (Wildman–Crippen LogP) is 1.29. The highest BCUT2D eigenvalue weighted by atomic mass is 32.1. The summed E-state index contributed by atoms with van der Waals surface area (Å²) in [4.78, 5) is 17.5. The Bertz CT molecular complexity index is 572. The average Bonchev–Trinajstić information content (AvgIpc) is 3.07. The second-order valence-corrected chi connectivity index (χ2v) is 6.59. The van der Waals surface area contributed by atoms with Gasteiger partial charge in [-0.1, -0.05) is 11.8 Å². The first kappa shape index (κ1) is 14.6. The number of carbonyl (C=O) groups is 1. The van der Waals surface area contributed by atoms with Gasteiger partial charge in [0.15, 0.2) is 0 Å². The maximum atomic E-state index is 11.7. The molecule has 1 amide bonds. The Balaban J connectivity index is 1.56. The highest BCUT2D eigenvalue weighted by molar-refractivity contribution is 7.10. The Morgan fingerprint density at radius 2 is 2.33 bits per heavy atom. The van der Waals surface area contributed by atoms with Gasteiger partial charge < -0.3 is 10.0 Å².